The number of hydrogen-bond donors (Lipinski definition) is 1. The van der Waals surface area contributed by atoms with Gasteiger partial charge in [0.15, 0.2) is 5.13 Å². The molecule has 198 valence electrons. The largest absolute Gasteiger partial charge is 0.507 e. The van der Waals surface area contributed by atoms with Crippen LogP contribution in [0.1, 0.15) is 22.7 Å². The first-order chi connectivity index (χ1) is 19.4. The number of aryl methyl sites for hydroxylation is 1. The number of aliphatic hydroxyl groups is 1. The zero-order valence-electron chi connectivity index (χ0n) is 21.7. The monoisotopic (exact) mass is 548 g/mol. The van der Waals surface area contributed by atoms with Crippen LogP contribution in [0.3, 0.4) is 0 Å². The Hall–Kier alpha value is -4.95. The van der Waals surface area contributed by atoms with Crippen LogP contribution in [0.15, 0.2) is 103 Å². The number of carbonyl (C=O) groups is 2. The summed E-state index contributed by atoms with van der Waals surface area (Å²) in [6.07, 6.45) is 0. The van der Waals surface area contributed by atoms with Crippen LogP contribution in [0.2, 0.25) is 0 Å². The number of hydrogen-bond acceptors (Lipinski definition) is 7. The fourth-order valence-corrected chi connectivity index (χ4v) is 5.73. The fourth-order valence-electron chi connectivity index (χ4n) is 4.71. The maximum atomic E-state index is 13.6. The minimum Gasteiger partial charge on any atom is -0.507 e. The lowest BCUT2D eigenvalue weighted by atomic mass is 9.95. The van der Waals surface area contributed by atoms with Gasteiger partial charge in [0.1, 0.15) is 23.0 Å². The van der Waals surface area contributed by atoms with Gasteiger partial charge >= 0.3 is 5.91 Å². The summed E-state index contributed by atoms with van der Waals surface area (Å²) < 4.78 is 12.2. The molecule has 0 radical (unpaired) electrons. The molecule has 1 N–H and O–H groups in total. The molecule has 6 rings (SSSR count). The molecule has 0 bridgehead atoms. The van der Waals surface area contributed by atoms with Gasteiger partial charge in [-0.1, -0.05) is 71.5 Å². The third kappa shape index (κ3) is 4.58. The predicted molar refractivity (Wildman–Crippen MR) is 155 cm³/mol. The third-order valence-corrected chi connectivity index (χ3v) is 7.73. The summed E-state index contributed by atoms with van der Waals surface area (Å²) in [6, 6.07) is 28.1. The number of Topliss-reactive ketones (excluding diaryl/α,β-unsaturated/α-hetero) is 1. The highest BCUT2D eigenvalue weighted by molar-refractivity contribution is 7.22. The minimum absolute atomic E-state index is 0.0115. The van der Waals surface area contributed by atoms with Crippen LogP contribution in [-0.4, -0.2) is 28.9 Å². The molecule has 1 fully saturated rings. The number of para-hydroxylation sites is 1. The maximum Gasteiger partial charge on any atom is 0.301 e. The Morgan fingerprint density at radius 3 is 2.38 bits per heavy atom. The predicted octanol–water partition coefficient (Wildman–Crippen LogP) is 7.03. The molecule has 0 saturated carbocycles. The normalized spacial score (nSPS) is 16.4. The summed E-state index contributed by atoms with van der Waals surface area (Å²) in [5, 5.41) is 11.8. The summed E-state index contributed by atoms with van der Waals surface area (Å²) in [5.41, 5.74) is 2.70. The molecule has 1 saturated heterocycles. The summed E-state index contributed by atoms with van der Waals surface area (Å²) in [5.74, 6) is 0.0370. The van der Waals surface area contributed by atoms with Crippen molar-refractivity contribution in [1.29, 1.82) is 0 Å². The third-order valence-electron chi connectivity index (χ3n) is 6.71. The number of ketones is 1. The fraction of sp³-hybridized carbons (Fsp3) is 0.0938. The van der Waals surface area contributed by atoms with Crippen molar-refractivity contribution in [1.82, 2.24) is 4.98 Å². The lowest BCUT2D eigenvalue weighted by Gasteiger charge is -2.23. The van der Waals surface area contributed by atoms with Gasteiger partial charge in [-0.05, 0) is 55.0 Å². The van der Waals surface area contributed by atoms with E-state index in [1.54, 1.807) is 55.6 Å². The highest BCUT2D eigenvalue weighted by Gasteiger charge is 2.48. The molecule has 7 nitrogen and oxygen atoms in total. The number of anilines is 1. The molecule has 5 aromatic rings. The van der Waals surface area contributed by atoms with Crippen LogP contribution in [-0.2, 0) is 9.59 Å². The van der Waals surface area contributed by atoms with Crippen LogP contribution < -0.4 is 14.4 Å². The van der Waals surface area contributed by atoms with Crippen molar-refractivity contribution in [3.8, 4) is 17.2 Å². The zero-order valence-corrected chi connectivity index (χ0v) is 22.5. The van der Waals surface area contributed by atoms with Crippen molar-refractivity contribution in [2.45, 2.75) is 13.0 Å². The van der Waals surface area contributed by atoms with E-state index in [2.05, 4.69) is 4.98 Å². The Morgan fingerprint density at radius 1 is 0.875 bits per heavy atom. The molecule has 1 aromatic heterocycles. The Balaban J connectivity index is 1.51. The SMILES string of the molecule is COc1ccc2nc(N3C(=O)C(=O)C(=C(O)c4ccc(C)cc4)C3c3cccc(Oc4ccccc4)c3)sc2c1. The summed E-state index contributed by atoms with van der Waals surface area (Å²) in [4.78, 5) is 33.2. The van der Waals surface area contributed by atoms with E-state index in [1.165, 1.54) is 16.2 Å². The van der Waals surface area contributed by atoms with E-state index in [4.69, 9.17) is 9.47 Å². The van der Waals surface area contributed by atoms with E-state index in [0.717, 1.165) is 10.3 Å². The van der Waals surface area contributed by atoms with Crippen LogP contribution in [0, 0.1) is 6.92 Å². The van der Waals surface area contributed by atoms with Gasteiger partial charge in [-0.15, -0.1) is 0 Å². The zero-order chi connectivity index (χ0) is 27.8. The lowest BCUT2D eigenvalue weighted by molar-refractivity contribution is -0.132. The molecular weight excluding hydrogens is 524 g/mol. The van der Waals surface area contributed by atoms with E-state index in [-0.39, 0.29) is 11.3 Å². The van der Waals surface area contributed by atoms with Crippen molar-refractivity contribution in [3.63, 3.8) is 0 Å². The second-order valence-electron chi connectivity index (χ2n) is 9.35. The molecule has 1 aliphatic heterocycles. The highest BCUT2D eigenvalue weighted by atomic mass is 32.1. The molecule has 0 spiro atoms. The summed E-state index contributed by atoms with van der Waals surface area (Å²) in [6.45, 7) is 1.93. The van der Waals surface area contributed by atoms with Gasteiger partial charge in [0.2, 0.25) is 0 Å². The van der Waals surface area contributed by atoms with Crippen LogP contribution in [0.25, 0.3) is 16.0 Å². The standard InChI is InChI=1S/C32H24N2O5S/c1-19-11-13-20(14-12-19)29(35)27-28(21-7-6-10-24(17-21)39-22-8-4-3-5-9-22)34(31(37)30(27)36)32-33-25-16-15-23(38-2)18-26(25)40-32/h3-18,28,35H,1-2H3. The number of rotatable bonds is 6. The second-order valence-corrected chi connectivity index (χ2v) is 10.4. The number of aromatic nitrogens is 1. The molecule has 40 heavy (non-hydrogen) atoms. The molecule has 1 amide bonds. The molecule has 1 unspecified atom stereocenters. The quantitative estimate of drug-likeness (QED) is 0.139. The minimum atomic E-state index is -0.928. The van der Waals surface area contributed by atoms with E-state index >= 15 is 0 Å². The molecular formula is C32H24N2O5S. The summed E-state index contributed by atoms with van der Waals surface area (Å²) >= 11 is 1.27. The average Bonchev–Trinajstić information content (AvgIpc) is 3.51. The number of fused-ring (bicyclic) bond motifs is 1. The van der Waals surface area contributed by atoms with Gasteiger partial charge in [-0.25, -0.2) is 4.98 Å². The lowest BCUT2D eigenvalue weighted by Crippen LogP contribution is -2.29. The molecule has 8 heteroatoms. The van der Waals surface area contributed by atoms with Crippen molar-refractivity contribution in [3.05, 3.63) is 119 Å². The smallest absolute Gasteiger partial charge is 0.301 e. The number of amides is 1. The number of benzene rings is 4. The first-order valence-electron chi connectivity index (χ1n) is 12.6. The van der Waals surface area contributed by atoms with Gasteiger partial charge in [-0.2, -0.15) is 0 Å². The Bertz CT molecular complexity index is 1780. The van der Waals surface area contributed by atoms with E-state index < -0.39 is 17.7 Å². The second kappa shape index (κ2) is 10.3. The topological polar surface area (TPSA) is 89.0 Å². The van der Waals surface area contributed by atoms with Gasteiger partial charge in [0, 0.05) is 5.56 Å². The Morgan fingerprint density at radius 2 is 1.62 bits per heavy atom. The number of ether oxygens (including phenoxy) is 2. The van der Waals surface area contributed by atoms with Gasteiger partial charge < -0.3 is 14.6 Å². The van der Waals surface area contributed by atoms with E-state index in [1.807, 2.05) is 55.5 Å². The summed E-state index contributed by atoms with van der Waals surface area (Å²) in [7, 11) is 1.58. The van der Waals surface area contributed by atoms with Gasteiger partial charge in [0.05, 0.1) is 28.9 Å². The number of aliphatic hydroxyl groups excluding tert-OH is 1. The maximum absolute atomic E-state index is 13.6. The first kappa shape index (κ1) is 25.3. The van der Waals surface area contributed by atoms with Crippen molar-refractivity contribution < 1.29 is 24.2 Å². The number of carbonyl (C=O) groups excluding carboxylic acids is 2. The van der Waals surface area contributed by atoms with Crippen LogP contribution >= 0.6 is 11.3 Å². The van der Waals surface area contributed by atoms with Gasteiger partial charge in [-0.3, -0.25) is 14.5 Å². The molecule has 0 aliphatic carbocycles. The van der Waals surface area contributed by atoms with Crippen LogP contribution in [0.5, 0.6) is 17.2 Å². The Kier molecular flexibility index (Phi) is 6.53. The van der Waals surface area contributed by atoms with Crippen molar-refractivity contribution in [2.75, 3.05) is 12.0 Å². The molecule has 4 aromatic carbocycles. The average molecular weight is 549 g/mol. The Labute approximate surface area is 234 Å². The van der Waals surface area contributed by atoms with E-state index in [0.29, 0.717) is 39.0 Å². The molecule has 1 atom stereocenters. The van der Waals surface area contributed by atoms with E-state index in [9.17, 15) is 14.7 Å². The number of nitrogens with zero attached hydrogens (tertiary/aromatic N) is 2. The van der Waals surface area contributed by atoms with Gasteiger partial charge in [0.25, 0.3) is 5.78 Å². The molecule has 1 aliphatic rings. The molecule has 2 heterocycles. The highest BCUT2D eigenvalue weighted by Crippen LogP contribution is 2.45. The van der Waals surface area contributed by atoms with Crippen molar-refractivity contribution in [2.24, 2.45) is 0 Å². The first-order valence-corrected chi connectivity index (χ1v) is 13.4. The number of thiazole rings is 1. The number of methoxy groups -OCH3 is 1. The van der Waals surface area contributed by atoms with Crippen molar-refractivity contribution >= 4 is 44.1 Å². The van der Waals surface area contributed by atoms with Crippen LogP contribution in [0.4, 0.5) is 5.13 Å².